The highest BCUT2D eigenvalue weighted by atomic mass is 19.1. The SMILES string of the molecule is CC[C@@]1(O)C(=O)OCc2c1cc1n(c2=O)Cc2c-1nc1cc(F)c(C)c3c1c2[C@@H](NC(=O)OC(CNC(=O)CC[C@H](NC(=O)COCCOCCN)C(=O)N(C)CC(=O)N(C)CC(=O)N(C)CC(=O)N(C)CC(=O)N(C)CC(=O)N(C)CC(=O)N(C)CC(=O)N(C)CC(=O)N(C)CC(=O)N(C)CC(N)=O)c1ccc(O[C@@H]2O[C@H](C(=O)O)[C@@H](O)[C@H](O)[C@H]2O)c([N+](=O)[O-])c1)CC3. The van der Waals surface area contributed by atoms with Gasteiger partial charge in [-0.05, 0) is 61.4 Å². The summed E-state index contributed by atoms with van der Waals surface area (Å²) in [5.74, 6) is -14.2. The van der Waals surface area contributed by atoms with Crippen LogP contribution in [0.25, 0.3) is 22.3 Å². The number of carbonyl (C=O) groups excluding carboxylic acids is 15. The molecule has 1 fully saturated rings. The summed E-state index contributed by atoms with van der Waals surface area (Å²) in [5.41, 5.74) is 8.40. The number of nitrogens with zero attached hydrogens (tertiary/aromatic N) is 13. The molecule has 2 aromatic carbocycles. The van der Waals surface area contributed by atoms with E-state index in [4.69, 9.17) is 44.9 Å². The topological polar surface area (TPSA) is 628 Å². The van der Waals surface area contributed by atoms with Gasteiger partial charge >= 0.3 is 23.7 Å². The summed E-state index contributed by atoms with van der Waals surface area (Å²) in [6.07, 6.45) is -15.2. The number of primary amides is 1. The van der Waals surface area contributed by atoms with E-state index in [1.165, 1.54) is 87.1 Å². The van der Waals surface area contributed by atoms with Crippen LogP contribution in [0.2, 0.25) is 0 Å². The molecule has 12 N–H and O–H groups in total. The summed E-state index contributed by atoms with van der Waals surface area (Å²) in [4.78, 5) is 253. The summed E-state index contributed by atoms with van der Waals surface area (Å²) in [6.45, 7) is -4.36. The Hall–Kier alpha value is -13.1. The molecule has 1 saturated heterocycles. The largest absolute Gasteiger partial charge is 0.479 e. The zero-order valence-electron chi connectivity index (χ0n) is 73.1. The van der Waals surface area contributed by atoms with E-state index in [-0.39, 0.29) is 97.9 Å². The molecule has 3 aliphatic heterocycles. The summed E-state index contributed by atoms with van der Waals surface area (Å²) in [6, 6.07) is 2.75. The second-order valence-electron chi connectivity index (χ2n) is 31.6. The van der Waals surface area contributed by atoms with Crippen LogP contribution < -0.4 is 37.7 Å². The molecule has 129 heavy (non-hydrogen) atoms. The summed E-state index contributed by atoms with van der Waals surface area (Å²) < 4.78 is 50.0. The molecular formula is C80H107FN18O30. The fourth-order valence-corrected chi connectivity index (χ4v) is 14.3. The highest BCUT2D eigenvalue weighted by Gasteiger charge is 2.50. The maximum atomic E-state index is 15.9. The number of aryl methyl sites for hydroxylation is 1. The van der Waals surface area contributed by atoms with Crippen molar-refractivity contribution < 1.29 is 140 Å². The van der Waals surface area contributed by atoms with Crippen LogP contribution in [0.5, 0.6) is 5.75 Å². The third-order valence-electron chi connectivity index (χ3n) is 22.1. The van der Waals surface area contributed by atoms with Crippen LogP contribution in [0.1, 0.15) is 83.7 Å². The third kappa shape index (κ3) is 24.8. The molecule has 0 spiro atoms. The van der Waals surface area contributed by atoms with Crippen molar-refractivity contribution in [3.8, 4) is 17.1 Å². The minimum atomic E-state index is -2.22. The van der Waals surface area contributed by atoms with Gasteiger partial charge in [0.1, 0.15) is 49.5 Å². The molecule has 0 radical (unpaired) electrons. The number of amides is 14. The van der Waals surface area contributed by atoms with Crippen LogP contribution in [-0.2, 0) is 121 Å². The average Bonchev–Trinajstić information content (AvgIpc) is 1.50. The number of likely N-dealkylation sites (N-methyl/N-ethyl adjacent to an activating group) is 10. The minimum absolute atomic E-state index is 0.00588. The van der Waals surface area contributed by atoms with Crippen molar-refractivity contribution in [3.05, 3.63) is 95.6 Å². The lowest BCUT2D eigenvalue weighted by Crippen LogP contribution is -2.61. The van der Waals surface area contributed by atoms with Gasteiger partial charge in [-0.15, -0.1) is 0 Å². The third-order valence-corrected chi connectivity index (χ3v) is 22.1. The number of nitrogens with one attached hydrogen (secondary N) is 3. The molecule has 0 saturated carbocycles. The number of carbonyl (C=O) groups is 16. The lowest BCUT2D eigenvalue weighted by Gasteiger charge is -2.38. The van der Waals surface area contributed by atoms with Crippen molar-refractivity contribution in [1.29, 1.82) is 0 Å². The monoisotopic (exact) mass is 1820 g/mol. The van der Waals surface area contributed by atoms with Gasteiger partial charge in [0, 0.05) is 118 Å². The summed E-state index contributed by atoms with van der Waals surface area (Å²) in [7, 11) is 12.5. The standard InChI is InChI=1S/C80H107FN18O30/c1-13-80(121)46-25-52-69-44(28-98(52)74(115)45(46)39-126-78(80)119)68-48(16-15-43-41(2)47(81)26-50(86-69)67(43)68)87-79(120)128-54(42-14-18-53(51(24-42)99(122)123)127-77-72(114)70(112)71(113)73(129-77)76(117)118)27-84-56(101)19-17-49(85-57(102)40-125-23-22-124-21-20-82)75(116)97(12)38-66(111)96(11)37-65(110)95(10)36-64(109)94(9)35-63(108)93(8)34-62(107)92(7)33-61(106)91(6)32-60(105)90(5)31-59(104)89(4)30-58(103)88(3)29-55(83)100/h14,18,24-26,48-49,54,70-73,77,112-114,121H,13,15-17,19-23,27-40,82H2,1-12H3,(H2,83,100)(H,84,101)(H,85,102)(H,87,120)(H,117,118)/t48-,49-,54?,70-,71-,72+,73-,77+,80-/m0/s1. The number of aliphatic hydroxyl groups is 4. The first-order chi connectivity index (χ1) is 60.6. The van der Waals surface area contributed by atoms with Gasteiger partial charge in [0.15, 0.2) is 17.5 Å². The lowest BCUT2D eigenvalue weighted by atomic mass is 9.81. The van der Waals surface area contributed by atoms with Crippen LogP contribution in [0.15, 0.2) is 35.1 Å². The Morgan fingerprint density at radius 2 is 1.18 bits per heavy atom. The maximum absolute atomic E-state index is 15.9. The second kappa shape index (κ2) is 44.1. The predicted octanol–water partition coefficient (Wildman–Crippen LogP) is -6.40. The number of esters is 1. The Labute approximate surface area is 736 Å². The number of cyclic esters (lactones) is 1. The van der Waals surface area contributed by atoms with Crippen molar-refractivity contribution in [2.45, 2.75) is 114 Å². The number of pyridine rings is 2. The van der Waals surface area contributed by atoms with Gasteiger partial charge in [-0.3, -0.25) is 77.2 Å². The summed E-state index contributed by atoms with van der Waals surface area (Å²) >= 11 is 0. The number of hydrogen-bond donors (Lipinski definition) is 10. The van der Waals surface area contributed by atoms with Crippen molar-refractivity contribution in [2.24, 2.45) is 11.5 Å². The quantitative estimate of drug-likeness (QED) is 0.00752. The predicted molar refractivity (Wildman–Crippen MR) is 441 cm³/mol. The molecule has 1 aliphatic carbocycles. The van der Waals surface area contributed by atoms with Crippen molar-refractivity contribution in [3.63, 3.8) is 0 Å². The van der Waals surface area contributed by atoms with Crippen LogP contribution in [0.3, 0.4) is 0 Å². The minimum Gasteiger partial charge on any atom is -0.479 e. The Bertz CT molecular complexity index is 5100. The first-order valence-corrected chi connectivity index (χ1v) is 40.4. The molecule has 0 bridgehead atoms. The number of alkyl carbamates (subject to hydrolysis) is 1. The highest BCUT2D eigenvalue weighted by molar-refractivity contribution is 5.97. The molecule has 2 aromatic heterocycles. The van der Waals surface area contributed by atoms with Gasteiger partial charge in [0.05, 0.1) is 132 Å². The Kier molecular flexibility index (Phi) is 34.6. The van der Waals surface area contributed by atoms with Crippen LogP contribution in [0.4, 0.5) is 14.9 Å². The number of hydrogen-bond acceptors (Lipinski definition) is 31. The van der Waals surface area contributed by atoms with E-state index < -0.39 is 269 Å². The molecule has 704 valence electrons. The second-order valence-corrected chi connectivity index (χ2v) is 31.6. The summed E-state index contributed by atoms with van der Waals surface area (Å²) in [5, 5.41) is 74.1. The first-order valence-electron chi connectivity index (χ1n) is 40.4. The van der Waals surface area contributed by atoms with E-state index in [2.05, 4.69) is 16.0 Å². The molecular weight excluding hydrogens is 1710 g/mol. The van der Waals surface area contributed by atoms with E-state index in [0.29, 0.717) is 22.1 Å². The van der Waals surface area contributed by atoms with E-state index in [1.54, 1.807) is 6.92 Å². The number of carboxylic acids is 1. The van der Waals surface area contributed by atoms with Crippen LogP contribution in [-0.4, -0.2) is 396 Å². The van der Waals surface area contributed by atoms with Gasteiger partial charge in [-0.1, -0.05) is 13.0 Å². The lowest BCUT2D eigenvalue weighted by molar-refractivity contribution is -0.387. The van der Waals surface area contributed by atoms with E-state index in [1.807, 2.05) is 0 Å². The fraction of sp³-hybridized carbons (Fsp3) is 0.550. The number of aromatic nitrogens is 2. The molecule has 1 unspecified atom stereocenters. The van der Waals surface area contributed by atoms with Crippen molar-refractivity contribution >= 4 is 111 Å². The molecule has 4 aromatic rings. The van der Waals surface area contributed by atoms with Crippen molar-refractivity contribution in [1.82, 2.24) is 74.5 Å². The number of aliphatic hydroxyl groups excluding tert-OH is 3. The van der Waals surface area contributed by atoms with Crippen LogP contribution in [0, 0.1) is 22.9 Å². The number of benzene rings is 2. The molecule has 4 aliphatic rings. The van der Waals surface area contributed by atoms with Gasteiger partial charge in [-0.25, -0.2) is 23.8 Å². The number of rotatable bonds is 42. The molecule has 14 amide bonds. The highest BCUT2D eigenvalue weighted by Crippen LogP contribution is 2.47. The number of nitrogens with two attached hydrogens (primary N) is 2. The van der Waals surface area contributed by atoms with Gasteiger partial charge in [-0.2, -0.15) is 0 Å². The Balaban J connectivity index is 0.916. The Morgan fingerprint density at radius 1 is 0.674 bits per heavy atom. The average molecular weight is 1820 g/mol. The smallest absolute Gasteiger partial charge is 0.408 e. The fourth-order valence-electron chi connectivity index (χ4n) is 14.3. The number of nitro groups is 1. The van der Waals surface area contributed by atoms with E-state index in [9.17, 15) is 117 Å². The zero-order chi connectivity index (χ0) is 95.8. The zero-order valence-corrected chi connectivity index (χ0v) is 73.1. The molecule has 48 nitrogen and oxygen atoms in total. The molecule has 5 heterocycles. The van der Waals surface area contributed by atoms with Gasteiger partial charge in [0.25, 0.3) is 5.56 Å². The number of aliphatic carboxylic acids is 1. The maximum Gasteiger partial charge on any atom is 0.408 e. The van der Waals surface area contributed by atoms with E-state index in [0.717, 1.165) is 74.2 Å². The molecule has 49 heteroatoms. The van der Waals surface area contributed by atoms with Gasteiger partial charge < -0.3 is 135 Å². The molecule has 8 rings (SSSR count). The number of nitro benzene ring substituents is 1. The van der Waals surface area contributed by atoms with Crippen LogP contribution >= 0.6 is 0 Å². The Morgan fingerprint density at radius 3 is 1.67 bits per heavy atom. The normalized spacial score (nSPS) is 17.9. The van der Waals surface area contributed by atoms with E-state index >= 15 is 4.39 Å². The number of halogens is 1. The number of ether oxygens (including phenoxy) is 6. The first kappa shape index (κ1) is 101. The molecule has 9 atom stereocenters. The van der Waals surface area contributed by atoms with Crippen molar-refractivity contribution in [2.75, 3.05) is 175 Å². The van der Waals surface area contributed by atoms with Gasteiger partial charge in [0.2, 0.25) is 83.1 Å². The number of carboxylic acid groups (broad SMARTS) is 1. The number of fused-ring (bicyclic) bond motifs is 5.